The van der Waals surface area contributed by atoms with Gasteiger partial charge in [-0.2, -0.15) is 0 Å². The first-order valence-corrected chi connectivity index (χ1v) is 10.5. The number of halogens is 2. The number of amides is 1. The normalized spacial score (nSPS) is 16.8. The van der Waals surface area contributed by atoms with Crippen LogP contribution in [0.15, 0.2) is 52.4 Å². The topological polar surface area (TPSA) is 51.1 Å². The molecule has 0 atom stereocenters. The number of carbonyl (C=O) groups is 1. The molecule has 152 valence electrons. The highest BCUT2D eigenvalue weighted by molar-refractivity contribution is 8.18. The largest absolute Gasteiger partial charge is 0.495 e. The van der Waals surface area contributed by atoms with E-state index < -0.39 is 0 Å². The first kappa shape index (κ1) is 21.7. The van der Waals surface area contributed by atoms with Gasteiger partial charge in [0.1, 0.15) is 5.75 Å². The third-order valence-corrected chi connectivity index (χ3v) is 5.70. The molecule has 1 heterocycles. The monoisotopic (exact) mass is 450 g/mol. The van der Waals surface area contributed by atoms with Gasteiger partial charge in [0, 0.05) is 25.3 Å². The van der Waals surface area contributed by atoms with E-state index in [2.05, 4.69) is 4.99 Å². The highest BCUT2D eigenvalue weighted by Gasteiger charge is 2.33. The molecule has 2 aromatic carbocycles. The lowest BCUT2D eigenvalue weighted by atomic mass is 10.2. The molecular weight excluding hydrogens is 431 g/mol. The van der Waals surface area contributed by atoms with Gasteiger partial charge in [0.25, 0.3) is 5.91 Å². The molecule has 0 aliphatic carbocycles. The third-order valence-electron chi connectivity index (χ3n) is 4.15. The van der Waals surface area contributed by atoms with Crippen molar-refractivity contribution in [3.05, 3.63) is 63.0 Å². The van der Waals surface area contributed by atoms with Crippen molar-refractivity contribution in [2.75, 3.05) is 27.4 Å². The summed E-state index contributed by atoms with van der Waals surface area (Å²) >= 11 is 13.5. The Balaban J connectivity index is 1.91. The van der Waals surface area contributed by atoms with Crippen LogP contribution in [0.3, 0.4) is 0 Å². The van der Waals surface area contributed by atoms with Crippen LogP contribution in [0.2, 0.25) is 10.0 Å². The summed E-state index contributed by atoms with van der Waals surface area (Å²) in [6.07, 6.45) is 2.55. The van der Waals surface area contributed by atoms with Crippen molar-refractivity contribution in [2.24, 2.45) is 4.99 Å². The second-order valence-electron chi connectivity index (χ2n) is 6.18. The Labute approximate surface area is 184 Å². The Bertz CT molecular complexity index is 945. The van der Waals surface area contributed by atoms with Crippen molar-refractivity contribution >= 4 is 57.8 Å². The Hall–Kier alpha value is -1.99. The number of nitrogens with zero attached hydrogens (tertiary/aromatic N) is 2. The maximum atomic E-state index is 13.0. The Kier molecular flexibility index (Phi) is 7.61. The summed E-state index contributed by atoms with van der Waals surface area (Å²) in [5.41, 5.74) is 1.55. The number of methoxy groups -OCH3 is 2. The van der Waals surface area contributed by atoms with Gasteiger partial charge in [-0.25, -0.2) is 4.99 Å². The summed E-state index contributed by atoms with van der Waals surface area (Å²) in [6, 6.07) is 12.6. The average Bonchev–Trinajstić information content (AvgIpc) is 2.99. The number of hydrogen-bond acceptors (Lipinski definition) is 5. The fourth-order valence-corrected chi connectivity index (χ4v) is 4.10. The molecule has 1 fully saturated rings. The van der Waals surface area contributed by atoms with Crippen molar-refractivity contribution in [1.29, 1.82) is 0 Å². The summed E-state index contributed by atoms with van der Waals surface area (Å²) in [7, 11) is 3.20. The number of rotatable bonds is 7. The molecule has 1 aliphatic rings. The van der Waals surface area contributed by atoms with Crippen LogP contribution in [0, 0.1) is 0 Å². The predicted octanol–water partition coefficient (Wildman–Crippen LogP) is 5.64. The lowest BCUT2D eigenvalue weighted by Gasteiger charge is -2.15. The zero-order valence-corrected chi connectivity index (χ0v) is 18.4. The van der Waals surface area contributed by atoms with Gasteiger partial charge in [-0.05, 0) is 60.2 Å². The number of amidine groups is 1. The molecule has 3 rings (SSSR count). The fourth-order valence-electron chi connectivity index (χ4n) is 2.70. The van der Waals surface area contributed by atoms with Crippen molar-refractivity contribution in [1.82, 2.24) is 4.90 Å². The van der Waals surface area contributed by atoms with Gasteiger partial charge in [0.2, 0.25) is 0 Å². The van der Waals surface area contributed by atoms with Crippen LogP contribution in [-0.4, -0.2) is 43.3 Å². The van der Waals surface area contributed by atoms with Crippen LogP contribution in [0.4, 0.5) is 5.69 Å². The van der Waals surface area contributed by atoms with Crippen LogP contribution in [0.5, 0.6) is 5.75 Å². The highest BCUT2D eigenvalue weighted by atomic mass is 35.5. The molecule has 0 N–H and O–H groups in total. The first-order chi connectivity index (χ1) is 14.0. The van der Waals surface area contributed by atoms with Gasteiger partial charge in [-0.3, -0.25) is 9.69 Å². The number of ether oxygens (including phenoxy) is 2. The van der Waals surface area contributed by atoms with Gasteiger partial charge in [-0.15, -0.1) is 0 Å². The van der Waals surface area contributed by atoms with Gasteiger partial charge in [-0.1, -0.05) is 35.3 Å². The quantitative estimate of drug-likeness (QED) is 0.404. The van der Waals surface area contributed by atoms with E-state index in [-0.39, 0.29) is 5.91 Å². The minimum absolute atomic E-state index is 0.0839. The van der Waals surface area contributed by atoms with Gasteiger partial charge in [0.05, 0.1) is 22.7 Å². The zero-order valence-electron chi connectivity index (χ0n) is 16.0. The number of thioether (sulfide) groups is 1. The van der Waals surface area contributed by atoms with Crippen molar-refractivity contribution in [3.63, 3.8) is 0 Å². The molecule has 0 radical (unpaired) electrons. The van der Waals surface area contributed by atoms with E-state index in [1.807, 2.05) is 18.2 Å². The summed E-state index contributed by atoms with van der Waals surface area (Å²) < 4.78 is 10.3. The SMILES string of the molecule is COCCCN1C(=O)/C(=C\c2ccc(Cl)cc2)SC1=Nc1ccc(OC)c(Cl)c1. The lowest BCUT2D eigenvalue weighted by Crippen LogP contribution is -2.30. The Morgan fingerprint density at radius 1 is 1.14 bits per heavy atom. The Morgan fingerprint density at radius 3 is 2.55 bits per heavy atom. The smallest absolute Gasteiger partial charge is 0.266 e. The van der Waals surface area contributed by atoms with E-state index in [1.54, 1.807) is 49.5 Å². The maximum Gasteiger partial charge on any atom is 0.266 e. The number of hydrogen-bond donors (Lipinski definition) is 0. The molecule has 0 bridgehead atoms. The standard InChI is InChI=1S/C21H20Cl2N2O3S/c1-27-11-3-10-25-20(26)19(12-14-4-6-15(22)7-5-14)29-21(25)24-16-8-9-18(28-2)17(23)13-16/h4-9,12-13H,3,10-11H2,1-2H3/b19-12+,24-21?. The van der Waals surface area contributed by atoms with E-state index in [4.69, 9.17) is 32.7 Å². The van der Waals surface area contributed by atoms with E-state index in [0.29, 0.717) is 51.1 Å². The summed E-state index contributed by atoms with van der Waals surface area (Å²) in [6.45, 7) is 1.08. The van der Waals surface area contributed by atoms with Gasteiger partial charge >= 0.3 is 0 Å². The van der Waals surface area contributed by atoms with Crippen molar-refractivity contribution in [2.45, 2.75) is 6.42 Å². The third kappa shape index (κ3) is 5.54. The molecule has 0 unspecified atom stereocenters. The van der Waals surface area contributed by atoms with Gasteiger partial charge in [0.15, 0.2) is 5.17 Å². The summed E-state index contributed by atoms with van der Waals surface area (Å²) in [4.78, 5) is 19.9. The molecule has 5 nitrogen and oxygen atoms in total. The summed E-state index contributed by atoms with van der Waals surface area (Å²) in [5, 5.41) is 1.72. The van der Waals surface area contributed by atoms with Crippen LogP contribution >= 0.6 is 35.0 Å². The number of carbonyl (C=O) groups excluding carboxylic acids is 1. The molecule has 0 aromatic heterocycles. The van der Waals surface area contributed by atoms with Crippen molar-refractivity contribution in [3.8, 4) is 5.75 Å². The fraction of sp³-hybridized carbons (Fsp3) is 0.238. The van der Waals surface area contributed by atoms with Gasteiger partial charge < -0.3 is 9.47 Å². The minimum atomic E-state index is -0.0839. The second-order valence-corrected chi connectivity index (χ2v) is 8.03. The maximum absolute atomic E-state index is 13.0. The summed E-state index contributed by atoms with van der Waals surface area (Å²) in [5.74, 6) is 0.491. The first-order valence-electron chi connectivity index (χ1n) is 8.90. The van der Waals surface area contributed by atoms with Crippen LogP contribution < -0.4 is 4.74 Å². The molecule has 1 aliphatic heterocycles. The molecule has 0 saturated carbocycles. The second kappa shape index (κ2) is 10.2. The number of aliphatic imine (C=N–C) groups is 1. The molecule has 29 heavy (non-hydrogen) atoms. The number of benzene rings is 2. The molecule has 0 spiro atoms. The highest BCUT2D eigenvalue weighted by Crippen LogP contribution is 2.36. The van der Waals surface area contributed by atoms with Crippen LogP contribution in [0.25, 0.3) is 6.08 Å². The predicted molar refractivity (Wildman–Crippen MR) is 120 cm³/mol. The molecule has 2 aromatic rings. The molecule has 1 saturated heterocycles. The van der Waals surface area contributed by atoms with Crippen molar-refractivity contribution < 1.29 is 14.3 Å². The molecule has 8 heteroatoms. The molecular formula is C21H20Cl2N2O3S. The van der Waals surface area contributed by atoms with Crippen LogP contribution in [-0.2, 0) is 9.53 Å². The zero-order chi connectivity index (χ0) is 20.8. The van der Waals surface area contributed by atoms with E-state index in [9.17, 15) is 4.79 Å². The average molecular weight is 451 g/mol. The Morgan fingerprint density at radius 2 is 1.90 bits per heavy atom. The van der Waals surface area contributed by atoms with E-state index in [1.165, 1.54) is 11.8 Å². The lowest BCUT2D eigenvalue weighted by molar-refractivity contribution is -0.122. The van der Waals surface area contributed by atoms with E-state index in [0.717, 1.165) is 5.56 Å². The van der Waals surface area contributed by atoms with Crippen LogP contribution in [0.1, 0.15) is 12.0 Å². The van der Waals surface area contributed by atoms with E-state index >= 15 is 0 Å². The molecule has 1 amide bonds. The minimum Gasteiger partial charge on any atom is -0.495 e.